The molecule has 1 aliphatic rings. The Bertz CT molecular complexity index is 367. The standard InChI is InChI=1S/C18H32OSi/c1-15(2)12-13-17(14-16(3)4)19-20(5,6)18-10-8-7-9-11-18/h16-18H,1,7-11,14H2,2-6H3. The lowest BCUT2D eigenvalue weighted by atomic mass is 10.0. The van der Waals surface area contributed by atoms with Gasteiger partial charge in [0, 0.05) is 0 Å². The summed E-state index contributed by atoms with van der Waals surface area (Å²) in [7, 11) is -1.64. The molecule has 0 radical (unpaired) electrons. The van der Waals surface area contributed by atoms with E-state index in [2.05, 4.69) is 45.4 Å². The van der Waals surface area contributed by atoms with Gasteiger partial charge in [0.05, 0.1) is 0 Å². The molecule has 0 bridgehead atoms. The first-order valence-corrected chi connectivity index (χ1v) is 11.1. The fourth-order valence-electron chi connectivity index (χ4n) is 3.03. The van der Waals surface area contributed by atoms with Gasteiger partial charge in [0.1, 0.15) is 6.10 Å². The lowest BCUT2D eigenvalue weighted by Gasteiger charge is -2.37. The summed E-state index contributed by atoms with van der Waals surface area (Å²) in [5, 5.41) is 0. The molecule has 0 aromatic rings. The topological polar surface area (TPSA) is 9.23 Å². The summed E-state index contributed by atoms with van der Waals surface area (Å²) in [5.41, 5.74) is 1.75. The Balaban J connectivity index is 2.71. The van der Waals surface area contributed by atoms with Crippen molar-refractivity contribution in [3.8, 4) is 11.8 Å². The predicted octanol–water partition coefficient (Wildman–Crippen LogP) is 5.54. The molecule has 0 aromatic carbocycles. The Labute approximate surface area is 127 Å². The molecule has 1 fully saturated rings. The fraction of sp³-hybridized carbons (Fsp3) is 0.778. The van der Waals surface area contributed by atoms with Crippen LogP contribution in [0.4, 0.5) is 0 Å². The molecule has 0 amide bonds. The third kappa shape index (κ3) is 6.28. The number of hydrogen-bond donors (Lipinski definition) is 0. The van der Waals surface area contributed by atoms with Crippen LogP contribution in [0.15, 0.2) is 12.2 Å². The SMILES string of the molecule is C=C(C)C#CC(CC(C)C)O[Si](C)(C)C1CCCCC1. The van der Waals surface area contributed by atoms with E-state index in [9.17, 15) is 0 Å². The van der Waals surface area contributed by atoms with Gasteiger partial charge in [-0.3, -0.25) is 0 Å². The van der Waals surface area contributed by atoms with Crippen LogP contribution in [0.5, 0.6) is 0 Å². The minimum absolute atomic E-state index is 0.0929. The van der Waals surface area contributed by atoms with Gasteiger partial charge < -0.3 is 4.43 Å². The molecule has 0 N–H and O–H groups in total. The maximum atomic E-state index is 6.56. The van der Waals surface area contributed by atoms with Crippen molar-refractivity contribution in [1.82, 2.24) is 0 Å². The molecule has 2 heteroatoms. The van der Waals surface area contributed by atoms with Gasteiger partial charge >= 0.3 is 0 Å². The molecule has 1 aliphatic carbocycles. The molecule has 0 saturated heterocycles. The van der Waals surface area contributed by atoms with E-state index < -0.39 is 8.32 Å². The second-order valence-electron chi connectivity index (χ2n) is 7.22. The van der Waals surface area contributed by atoms with Crippen LogP contribution in [0.1, 0.15) is 59.3 Å². The summed E-state index contributed by atoms with van der Waals surface area (Å²) in [5.74, 6) is 7.06. The van der Waals surface area contributed by atoms with Crippen molar-refractivity contribution in [2.24, 2.45) is 5.92 Å². The summed E-state index contributed by atoms with van der Waals surface area (Å²) in [6.45, 7) is 15.1. The highest BCUT2D eigenvalue weighted by Gasteiger charge is 2.36. The Hall–Kier alpha value is -0.523. The van der Waals surface area contributed by atoms with Crippen molar-refractivity contribution in [1.29, 1.82) is 0 Å². The van der Waals surface area contributed by atoms with Crippen LogP contribution in [0.3, 0.4) is 0 Å². The Morgan fingerprint density at radius 1 is 1.25 bits per heavy atom. The fourth-order valence-corrected chi connectivity index (χ4v) is 5.91. The van der Waals surface area contributed by atoms with Crippen molar-refractivity contribution in [3.05, 3.63) is 12.2 Å². The van der Waals surface area contributed by atoms with Gasteiger partial charge in [-0.05, 0) is 43.5 Å². The molecule has 1 rings (SSSR count). The van der Waals surface area contributed by atoms with E-state index in [0.717, 1.165) is 17.5 Å². The van der Waals surface area contributed by atoms with Crippen molar-refractivity contribution >= 4 is 8.32 Å². The zero-order chi connectivity index (χ0) is 15.2. The third-order valence-corrected chi connectivity index (χ3v) is 7.60. The van der Waals surface area contributed by atoms with E-state index in [-0.39, 0.29) is 6.10 Å². The Kier molecular flexibility index (Phi) is 7.06. The first-order valence-electron chi connectivity index (χ1n) is 8.16. The van der Waals surface area contributed by atoms with Crippen LogP contribution in [-0.2, 0) is 4.43 Å². The van der Waals surface area contributed by atoms with Gasteiger partial charge in [0.2, 0.25) is 0 Å². The summed E-state index contributed by atoms with van der Waals surface area (Å²) >= 11 is 0. The number of hydrogen-bond acceptors (Lipinski definition) is 1. The molecule has 0 spiro atoms. The molecule has 0 aliphatic heterocycles. The van der Waals surface area contributed by atoms with Gasteiger partial charge in [-0.1, -0.05) is 64.4 Å². The normalized spacial score (nSPS) is 18.5. The zero-order valence-corrected chi connectivity index (χ0v) is 15.1. The average Bonchev–Trinajstić information content (AvgIpc) is 2.36. The molecular weight excluding hydrogens is 260 g/mol. The summed E-state index contributed by atoms with van der Waals surface area (Å²) in [4.78, 5) is 0. The van der Waals surface area contributed by atoms with E-state index in [4.69, 9.17) is 4.43 Å². The highest BCUT2D eigenvalue weighted by atomic mass is 28.4. The maximum Gasteiger partial charge on any atom is 0.191 e. The van der Waals surface area contributed by atoms with Crippen LogP contribution in [0, 0.1) is 17.8 Å². The minimum atomic E-state index is -1.64. The van der Waals surface area contributed by atoms with E-state index >= 15 is 0 Å². The van der Waals surface area contributed by atoms with E-state index in [0.29, 0.717) is 5.92 Å². The summed E-state index contributed by atoms with van der Waals surface area (Å²) in [6, 6.07) is 0. The van der Waals surface area contributed by atoms with E-state index in [1.807, 2.05) is 6.92 Å². The van der Waals surface area contributed by atoms with Gasteiger partial charge in [-0.25, -0.2) is 0 Å². The molecule has 1 nitrogen and oxygen atoms in total. The van der Waals surface area contributed by atoms with Crippen molar-refractivity contribution in [3.63, 3.8) is 0 Å². The lowest BCUT2D eigenvalue weighted by Crippen LogP contribution is -2.41. The Morgan fingerprint density at radius 2 is 1.85 bits per heavy atom. The van der Waals surface area contributed by atoms with Gasteiger partial charge in [-0.2, -0.15) is 0 Å². The predicted molar refractivity (Wildman–Crippen MR) is 91.2 cm³/mol. The van der Waals surface area contributed by atoms with E-state index in [1.165, 1.54) is 32.1 Å². The van der Waals surface area contributed by atoms with Gasteiger partial charge in [0.15, 0.2) is 8.32 Å². The van der Waals surface area contributed by atoms with E-state index in [1.54, 1.807) is 0 Å². The molecule has 1 saturated carbocycles. The zero-order valence-electron chi connectivity index (χ0n) is 14.1. The molecule has 1 unspecified atom stereocenters. The van der Waals surface area contributed by atoms with Crippen molar-refractivity contribution < 1.29 is 4.43 Å². The molecular formula is C18H32OSi. The third-order valence-electron chi connectivity index (χ3n) is 4.17. The molecule has 0 heterocycles. The minimum Gasteiger partial charge on any atom is -0.404 e. The first-order chi connectivity index (χ1) is 9.31. The van der Waals surface area contributed by atoms with Crippen LogP contribution in [-0.4, -0.2) is 14.4 Å². The average molecular weight is 293 g/mol. The van der Waals surface area contributed by atoms with Gasteiger partial charge in [0.25, 0.3) is 0 Å². The lowest BCUT2D eigenvalue weighted by molar-refractivity contribution is 0.208. The van der Waals surface area contributed by atoms with Crippen LogP contribution < -0.4 is 0 Å². The summed E-state index contributed by atoms with van der Waals surface area (Å²) < 4.78 is 6.56. The van der Waals surface area contributed by atoms with Gasteiger partial charge in [-0.15, -0.1) is 0 Å². The van der Waals surface area contributed by atoms with Crippen LogP contribution >= 0.6 is 0 Å². The molecule has 1 atom stereocenters. The highest BCUT2D eigenvalue weighted by molar-refractivity contribution is 6.72. The highest BCUT2D eigenvalue weighted by Crippen LogP contribution is 2.38. The monoisotopic (exact) mass is 292 g/mol. The second-order valence-corrected chi connectivity index (χ2v) is 11.5. The Morgan fingerprint density at radius 3 is 2.35 bits per heavy atom. The van der Waals surface area contributed by atoms with Crippen molar-refractivity contribution in [2.45, 2.75) is 84.0 Å². The smallest absolute Gasteiger partial charge is 0.191 e. The largest absolute Gasteiger partial charge is 0.404 e. The maximum absolute atomic E-state index is 6.56. The van der Waals surface area contributed by atoms with Crippen molar-refractivity contribution in [2.75, 3.05) is 0 Å². The first kappa shape index (κ1) is 17.5. The summed E-state index contributed by atoms with van der Waals surface area (Å²) in [6.07, 6.45) is 8.03. The molecule has 20 heavy (non-hydrogen) atoms. The second kappa shape index (κ2) is 8.05. The molecule has 0 aromatic heterocycles. The number of allylic oxidation sites excluding steroid dienone is 1. The quantitative estimate of drug-likeness (QED) is 0.478. The molecule has 114 valence electrons. The van der Waals surface area contributed by atoms with Crippen LogP contribution in [0.2, 0.25) is 18.6 Å². The number of rotatable bonds is 5. The van der Waals surface area contributed by atoms with Crippen LogP contribution in [0.25, 0.3) is 0 Å².